The molecule has 2 N–H and O–H groups in total. The fourth-order valence-corrected chi connectivity index (χ4v) is 3.62. The number of nitrogens with zero attached hydrogens (tertiary/aromatic N) is 1. The number of carboxylic acids is 1. The number of anilines is 1. The van der Waals surface area contributed by atoms with Crippen LogP contribution in [0.3, 0.4) is 0 Å². The molecule has 0 aliphatic carbocycles. The molecule has 1 aromatic heterocycles. The van der Waals surface area contributed by atoms with E-state index in [1.807, 2.05) is 0 Å². The highest BCUT2D eigenvalue weighted by Gasteiger charge is 2.19. The van der Waals surface area contributed by atoms with Gasteiger partial charge in [0.05, 0.1) is 28.4 Å². The number of benzene rings is 2. The van der Waals surface area contributed by atoms with Gasteiger partial charge >= 0.3 is 0 Å². The van der Waals surface area contributed by atoms with E-state index in [2.05, 4.69) is 14.9 Å². The van der Waals surface area contributed by atoms with Crippen molar-refractivity contribution < 1.29 is 18.3 Å². The minimum atomic E-state index is -4.06. The summed E-state index contributed by atoms with van der Waals surface area (Å²) in [4.78, 5) is 10.5. The molecule has 23 heavy (non-hydrogen) atoms. The van der Waals surface area contributed by atoms with E-state index in [-0.39, 0.29) is 21.2 Å². The minimum absolute atomic E-state index is 0.0925. The highest BCUT2D eigenvalue weighted by atomic mass is 35.5. The molecule has 1 heterocycles. The number of hydrogen-bond donors (Lipinski definition) is 2. The first kappa shape index (κ1) is 15.3. The lowest BCUT2D eigenvalue weighted by molar-refractivity contribution is -0.255. The van der Waals surface area contributed by atoms with E-state index in [1.165, 1.54) is 12.1 Å². The van der Waals surface area contributed by atoms with E-state index < -0.39 is 16.0 Å². The standard InChI is InChI=1S/C14H10ClN3O4S/c15-11-4-2-8(14(19)20)5-13(11)23(21,22)18-10-3-1-9-7-16-17-12(9)6-10/h1-7,18H,(H,16,17)(H,19,20)/p-1. The molecule has 0 saturated heterocycles. The zero-order chi connectivity index (χ0) is 16.6. The van der Waals surface area contributed by atoms with Gasteiger partial charge in [0.25, 0.3) is 10.0 Å². The van der Waals surface area contributed by atoms with Crippen molar-refractivity contribution in [1.82, 2.24) is 10.2 Å². The second-order valence-electron chi connectivity index (χ2n) is 4.71. The number of aromatic carboxylic acids is 1. The Morgan fingerprint density at radius 2 is 2.00 bits per heavy atom. The van der Waals surface area contributed by atoms with Crippen molar-refractivity contribution in [2.75, 3.05) is 4.72 Å². The van der Waals surface area contributed by atoms with Gasteiger partial charge in [-0.2, -0.15) is 5.10 Å². The molecular formula is C14H9ClN3O4S-. The van der Waals surface area contributed by atoms with Crippen LogP contribution < -0.4 is 9.83 Å². The number of fused-ring (bicyclic) bond motifs is 1. The Hall–Kier alpha value is -2.58. The van der Waals surface area contributed by atoms with E-state index in [0.717, 1.165) is 11.5 Å². The summed E-state index contributed by atoms with van der Waals surface area (Å²) < 4.78 is 27.2. The Bertz CT molecular complexity index is 1010. The monoisotopic (exact) mass is 350 g/mol. The highest BCUT2D eigenvalue weighted by Crippen LogP contribution is 2.26. The van der Waals surface area contributed by atoms with Gasteiger partial charge in [-0.05, 0) is 35.9 Å². The van der Waals surface area contributed by atoms with Gasteiger partial charge < -0.3 is 9.90 Å². The smallest absolute Gasteiger partial charge is 0.263 e. The maximum Gasteiger partial charge on any atom is 0.263 e. The molecule has 0 aliphatic rings. The van der Waals surface area contributed by atoms with Crippen molar-refractivity contribution in [1.29, 1.82) is 0 Å². The van der Waals surface area contributed by atoms with Crippen LogP contribution in [0.1, 0.15) is 10.4 Å². The van der Waals surface area contributed by atoms with Crippen LogP contribution in [0, 0.1) is 0 Å². The molecule has 0 fully saturated rings. The third-order valence-electron chi connectivity index (χ3n) is 3.15. The van der Waals surface area contributed by atoms with E-state index in [9.17, 15) is 18.3 Å². The van der Waals surface area contributed by atoms with Crippen LogP contribution >= 0.6 is 11.6 Å². The Kier molecular flexibility index (Phi) is 3.70. The summed E-state index contributed by atoms with van der Waals surface area (Å²) in [6.45, 7) is 0. The van der Waals surface area contributed by atoms with Crippen molar-refractivity contribution in [2.45, 2.75) is 4.90 Å². The Balaban J connectivity index is 2.01. The van der Waals surface area contributed by atoms with Crippen LogP contribution in [0.15, 0.2) is 47.5 Å². The van der Waals surface area contributed by atoms with Gasteiger partial charge in [-0.3, -0.25) is 9.82 Å². The van der Waals surface area contributed by atoms with Crippen LogP contribution in [0.5, 0.6) is 0 Å². The lowest BCUT2D eigenvalue weighted by Gasteiger charge is -2.11. The van der Waals surface area contributed by atoms with Crippen molar-refractivity contribution in [2.24, 2.45) is 0 Å². The molecule has 2 aromatic carbocycles. The van der Waals surface area contributed by atoms with Crippen molar-refractivity contribution in [3.8, 4) is 0 Å². The molecule has 3 aromatic rings. The highest BCUT2D eigenvalue weighted by molar-refractivity contribution is 7.92. The molecule has 3 rings (SSSR count). The lowest BCUT2D eigenvalue weighted by atomic mass is 10.2. The third-order valence-corrected chi connectivity index (χ3v) is 5.01. The predicted molar refractivity (Wildman–Crippen MR) is 82.7 cm³/mol. The second-order valence-corrected chi connectivity index (χ2v) is 6.77. The van der Waals surface area contributed by atoms with Crippen LogP contribution in [0.4, 0.5) is 5.69 Å². The minimum Gasteiger partial charge on any atom is -0.545 e. The number of carbonyl (C=O) groups excluding carboxylic acids is 1. The fourth-order valence-electron chi connectivity index (χ4n) is 2.05. The average Bonchev–Trinajstić information content (AvgIpc) is 2.94. The van der Waals surface area contributed by atoms with Gasteiger partial charge in [-0.1, -0.05) is 17.7 Å². The van der Waals surface area contributed by atoms with Gasteiger partial charge in [0.15, 0.2) is 0 Å². The molecular weight excluding hydrogens is 342 g/mol. The number of carboxylic acid groups (broad SMARTS) is 1. The van der Waals surface area contributed by atoms with E-state index in [4.69, 9.17) is 11.6 Å². The van der Waals surface area contributed by atoms with E-state index >= 15 is 0 Å². The van der Waals surface area contributed by atoms with Crippen molar-refractivity contribution in [3.63, 3.8) is 0 Å². The first-order chi connectivity index (χ1) is 10.9. The molecule has 0 unspecified atom stereocenters. The molecule has 118 valence electrons. The first-order valence-electron chi connectivity index (χ1n) is 6.34. The number of nitrogens with one attached hydrogen (secondary N) is 2. The summed E-state index contributed by atoms with van der Waals surface area (Å²) in [6, 6.07) is 8.14. The topological polar surface area (TPSA) is 115 Å². The molecule has 9 heteroatoms. The molecule has 0 amide bonds. The van der Waals surface area contributed by atoms with Gasteiger partial charge in [0.2, 0.25) is 0 Å². The number of carbonyl (C=O) groups is 1. The second kappa shape index (κ2) is 5.56. The summed E-state index contributed by atoms with van der Waals surface area (Å²) in [5.41, 5.74) is 0.662. The summed E-state index contributed by atoms with van der Waals surface area (Å²) in [5, 5.41) is 18.2. The Morgan fingerprint density at radius 1 is 1.22 bits per heavy atom. The number of halogens is 1. The largest absolute Gasteiger partial charge is 0.545 e. The lowest BCUT2D eigenvalue weighted by Crippen LogP contribution is -2.23. The molecule has 0 atom stereocenters. The van der Waals surface area contributed by atoms with Crippen LogP contribution in [-0.4, -0.2) is 24.6 Å². The van der Waals surface area contributed by atoms with Crippen LogP contribution in [0.25, 0.3) is 10.9 Å². The first-order valence-corrected chi connectivity index (χ1v) is 8.20. The number of H-pyrrole nitrogens is 1. The zero-order valence-electron chi connectivity index (χ0n) is 11.4. The van der Waals surface area contributed by atoms with Gasteiger partial charge in [-0.15, -0.1) is 0 Å². The molecule has 0 saturated carbocycles. The zero-order valence-corrected chi connectivity index (χ0v) is 13.0. The number of aromatic amines is 1. The normalized spacial score (nSPS) is 11.5. The molecule has 0 spiro atoms. The molecule has 7 nitrogen and oxygen atoms in total. The molecule has 0 radical (unpaired) electrons. The maximum absolute atomic E-state index is 12.4. The van der Waals surface area contributed by atoms with Crippen molar-refractivity contribution in [3.05, 3.63) is 53.2 Å². The van der Waals surface area contributed by atoms with E-state index in [1.54, 1.807) is 24.4 Å². The number of rotatable bonds is 4. The fraction of sp³-hybridized carbons (Fsp3) is 0. The van der Waals surface area contributed by atoms with Gasteiger partial charge in [0.1, 0.15) is 4.90 Å². The van der Waals surface area contributed by atoms with Crippen LogP contribution in [-0.2, 0) is 10.0 Å². The van der Waals surface area contributed by atoms with E-state index in [0.29, 0.717) is 5.52 Å². The Labute approximate surface area is 136 Å². The predicted octanol–water partition coefficient (Wildman–Crippen LogP) is 1.38. The number of aromatic nitrogens is 2. The summed E-state index contributed by atoms with van der Waals surface area (Å²) in [7, 11) is -4.06. The van der Waals surface area contributed by atoms with Gasteiger partial charge in [0, 0.05) is 5.39 Å². The number of hydrogen-bond acceptors (Lipinski definition) is 5. The summed E-state index contributed by atoms with van der Waals surface area (Å²) in [6.07, 6.45) is 1.60. The Morgan fingerprint density at radius 3 is 2.74 bits per heavy atom. The SMILES string of the molecule is O=C([O-])c1ccc(Cl)c(S(=O)(=O)Nc2ccc3cn[nH]c3c2)c1. The number of sulfonamides is 1. The van der Waals surface area contributed by atoms with Gasteiger partial charge in [-0.25, -0.2) is 8.42 Å². The maximum atomic E-state index is 12.4. The average molecular weight is 351 g/mol. The van der Waals surface area contributed by atoms with Crippen molar-refractivity contribution >= 4 is 44.2 Å². The third kappa shape index (κ3) is 2.99. The quantitative estimate of drug-likeness (QED) is 0.737. The summed E-state index contributed by atoms with van der Waals surface area (Å²) in [5.74, 6) is -1.49. The van der Waals surface area contributed by atoms with Crippen LogP contribution in [0.2, 0.25) is 5.02 Å². The molecule has 0 bridgehead atoms. The molecule has 0 aliphatic heterocycles. The summed E-state index contributed by atoms with van der Waals surface area (Å²) >= 11 is 5.88.